The molecule has 0 saturated heterocycles. The van der Waals surface area contributed by atoms with Gasteiger partial charge in [0.25, 0.3) is 0 Å². The van der Waals surface area contributed by atoms with Crippen LogP contribution < -0.4 is 5.32 Å². The fourth-order valence-corrected chi connectivity index (χ4v) is 3.22. The summed E-state index contributed by atoms with van der Waals surface area (Å²) in [7, 11) is 0. The number of benzene rings is 2. The molecule has 0 bridgehead atoms. The standard InChI is InChI=1S/C19H22FN/c1-14(10-15-6-3-2-4-7-15)21-19-12-17(13-19)16-8-5-9-18(20)11-16/h2-9,11,14,17,19,21H,10,12-13H2,1H3. The van der Waals surface area contributed by atoms with Crippen LogP contribution >= 0.6 is 0 Å². The van der Waals surface area contributed by atoms with Crippen LogP contribution in [-0.2, 0) is 6.42 Å². The van der Waals surface area contributed by atoms with Gasteiger partial charge in [0, 0.05) is 12.1 Å². The van der Waals surface area contributed by atoms with E-state index in [1.54, 1.807) is 6.07 Å². The van der Waals surface area contributed by atoms with Crippen LogP contribution in [0.2, 0.25) is 0 Å². The Morgan fingerprint density at radius 2 is 1.86 bits per heavy atom. The van der Waals surface area contributed by atoms with Gasteiger partial charge >= 0.3 is 0 Å². The molecule has 21 heavy (non-hydrogen) atoms. The Balaban J connectivity index is 1.46. The molecule has 1 aliphatic carbocycles. The van der Waals surface area contributed by atoms with Gasteiger partial charge in [-0.25, -0.2) is 4.39 Å². The van der Waals surface area contributed by atoms with Gasteiger partial charge in [-0.15, -0.1) is 0 Å². The second-order valence-corrected chi connectivity index (χ2v) is 6.18. The van der Waals surface area contributed by atoms with Crippen LogP contribution in [0.4, 0.5) is 4.39 Å². The van der Waals surface area contributed by atoms with E-state index in [4.69, 9.17) is 0 Å². The summed E-state index contributed by atoms with van der Waals surface area (Å²) in [6, 6.07) is 18.7. The number of halogens is 1. The summed E-state index contributed by atoms with van der Waals surface area (Å²) in [6.07, 6.45) is 3.28. The molecular weight excluding hydrogens is 261 g/mol. The van der Waals surface area contributed by atoms with Gasteiger partial charge < -0.3 is 5.32 Å². The van der Waals surface area contributed by atoms with Gasteiger partial charge in [-0.3, -0.25) is 0 Å². The van der Waals surface area contributed by atoms with Crippen molar-refractivity contribution in [3.05, 3.63) is 71.5 Å². The van der Waals surface area contributed by atoms with Crippen LogP contribution in [0.15, 0.2) is 54.6 Å². The third-order valence-corrected chi connectivity index (χ3v) is 4.36. The van der Waals surface area contributed by atoms with E-state index in [1.165, 1.54) is 11.6 Å². The number of hydrogen-bond donors (Lipinski definition) is 1. The quantitative estimate of drug-likeness (QED) is 0.863. The number of nitrogens with one attached hydrogen (secondary N) is 1. The third-order valence-electron chi connectivity index (χ3n) is 4.36. The molecule has 0 aromatic heterocycles. The van der Waals surface area contributed by atoms with Crippen molar-refractivity contribution in [2.45, 2.75) is 44.2 Å². The van der Waals surface area contributed by atoms with Gasteiger partial charge in [0.2, 0.25) is 0 Å². The molecular formula is C19H22FN. The Kier molecular flexibility index (Phi) is 4.35. The van der Waals surface area contributed by atoms with Crippen LogP contribution in [-0.4, -0.2) is 12.1 Å². The molecule has 1 atom stereocenters. The lowest BCUT2D eigenvalue weighted by Gasteiger charge is -2.38. The van der Waals surface area contributed by atoms with E-state index >= 15 is 0 Å². The molecule has 0 spiro atoms. The van der Waals surface area contributed by atoms with Crippen LogP contribution in [0.25, 0.3) is 0 Å². The van der Waals surface area contributed by atoms with Crippen LogP contribution in [0, 0.1) is 5.82 Å². The second kappa shape index (κ2) is 6.40. The summed E-state index contributed by atoms with van der Waals surface area (Å²) in [4.78, 5) is 0. The zero-order valence-corrected chi connectivity index (χ0v) is 12.4. The van der Waals surface area contributed by atoms with E-state index < -0.39 is 0 Å². The highest BCUT2D eigenvalue weighted by atomic mass is 19.1. The minimum absolute atomic E-state index is 0.124. The van der Waals surface area contributed by atoms with Gasteiger partial charge in [0.05, 0.1) is 0 Å². The van der Waals surface area contributed by atoms with Crippen LogP contribution in [0.1, 0.15) is 36.8 Å². The molecule has 0 heterocycles. The van der Waals surface area contributed by atoms with Crippen molar-refractivity contribution in [3.63, 3.8) is 0 Å². The summed E-state index contributed by atoms with van der Waals surface area (Å²) in [5.41, 5.74) is 2.52. The maximum atomic E-state index is 13.2. The molecule has 110 valence electrons. The van der Waals surface area contributed by atoms with E-state index in [-0.39, 0.29) is 5.82 Å². The normalized spacial score (nSPS) is 22.6. The molecule has 1 fully saturated rings. The van der Waals surface area contributed by atoms with Crippen molar-refractivity contribution in [2.75, 3.05) is 0 Å². The second-order valence-electron chi connectivity index (χ2n) is 6.18. The van der Waals surface area contributed by atoms with Crippen molar-refractivity contribution in [2.24, 2.45) is 0 Å². The van der Waals surface area contributed by atoms with E-state index in [9.17, 15) is 4.39 Å². The molecule has 1 unspecified atom stereocenters. The molecule has 1 N–H and O–H groups in total. The Morgan fingerprint density at radius 1 is 1.10 bits per heavy atom. The van der Waals surface area contributed by atoms with Crippen LogP contribution in [0.3, 0.4) is 0 Å². The first kappa shape index (κ1) is 14.3. The predicted molar refractivity (Wildman–Crippen MR) is 84.9 cm³/mol. The van der Waals surface area contributed by atoms with Crippen molar-refractivity contribution in [3.8, 4) is 0 Å². The smallest absolute Gasteiger partial charge is 0.123 e. The molecule has 2 aromatic rings. The molecule has 0 radical (unpaired) electrons. The summed E-state index contributed by atoms with van der Waals surface area (Å²) >= 11 is 0. The Hall–Kier alpha value is -1.67. The average Bonchev–Trinajstić information content (AvgIpc) is 2.43. The molecule has 0 aliphatic heterocycles. The largest absolute Gasteiger partial charge is 0.311 e. The summed E-state index contributed by atoms with van der Waals surface area (Å²) < 4.78 is 13.2. The lowest BCUT2D eigenvalue weighted by atomic mass is 9.75. The molecule has 1 saturated carbocycles. The Labute approximate surface area is 126 Å². The highest BCUT2D eigenvalue weighted by Crippen LogP contribution is 2.37. The lowest BCUT2D eigenvalue weighted by molar-refractivity contribution is 0.268. The monoisotopic (exact) mass is 283 g/mol. The summed E-state index contributed by atoms with van der Waals surface area (Å²) in [6.45, 7) is 2.24. The topological polar surface area (TPSA) is 12.0 Å². The Morgan fingerprint density at radius 3 is 2.57 bits per heavy atom. The SMILES string of the molecule is CC(Cc1ccccc1)NC1CC(c2cccc(F)c2)C1. The summed E-state index contributed by atoms with van der Waals surface area (Å²) in [5.74, 6) is 0.392. The van der Waals surface area contributed by atoms with Gasteiger partial charge in [-0.05, 0) is 55.4 Å². The highest BCUT2D eigenvalue weighted by Gasteiger charge is 2.30. The first-order chi connectivity index (χ1) is 10.2. The van der Waals surface area contributed by atoms with Crippen molar-refractivity contribution in [1.82, 2.24) is 5.32 Å². The summed E-state index contributed by atoms with van der Waals surface area (Å²) in [5, 5.41) is 3.69. The first-order valence-corrected chi connectivity index (χ1v) is 7.76. The van der Waals surface area contributed by atoms with Gasteiger partial charge in [0.15, 0.2) is 0 Å². The van der Waals surface area contributed by atoms with Crippen molar-refractivity contribution < 1.29 is 4.39 Å². The fraction of sp³-hybridized carbons (Fsp3) is 0.368. The minimum atomic E-state index is -0.124. The molecule has 3 rings (SSSR count). The van der Waals surface area contributed by atoms with E-state index in [0.717, 1.165) is 24.8 Å². The average molecular weight is 283 g/mol. The highest BCUT2D eigenvalue weighted by molar-refractivity contribution is 5.24. The molecule has 2 aromatic carbocycles. The minimum Gasteiger partial charge on any atom is -0.311 e. The number of hydrogen-bond acceptors (Lipinski definition) is 1. The van der Waals surface area contributed by atoms with E-state index in [2.05, 4.69) is 42.6 Å². The predicted octanol–water partition coefficient (Wildman–Crippen LogP) is 4.29. The molecule has 0 amide bonds. The van der Waals surface area contributed by atoms with Crippen LogP contribution in [0.5, 0.6) is 0 Å². The van der Waals surface area contributed by atoms with Crippen molar-refractivity contribution >= 4 is 0 Å². The van der Waals surface area contributed by atoms with Crippen molar-refractivity contribution in [1.29, 1.82) is 0 Å². The molecule has 1 nitrogen and oxygen atoms in total. The third kappa shape index (κ3) is 3.70. The maximum Gasteiger partial charge on any atom is 0.123 e. The van der Waals surface area contributed by atoms with Gasteiger partial charge in [-0.2, -0.15) is 0 Å². The lowest BCUT2D eigenvalue weighted by Crippen LogP contribution is -2.45. The maximum absolute atomic E-state index is 13.2. The number of rotatable bonds is 5. The fourth-order valence-electron chi connectivity index (χ4n) is 3.22. The van der Waals surface area contributed by atoms with Gasteiger partial charge in [-0.1, -0.05) is 42.5 Å². The zero-order valence-electron chi connectivity index (χ0n) is 12.4. The van der Waals surface area contributed by atoms with E-state index in [0.29, 0.717) is 18.0 Å². The van der Waals surface area contributed by atoms with E-state index in [1.807, 2.05) is 12.1 Å². The Bertz CT molecular complexity index is 575. The first-order valence-electron chi connectivity index (χ1n) is 7.76. The zero-order chi connectivity index (χ0) is 14.7. The molecule has 2 heteroatoms. The van der Waals surface area contributed by atoms with Gasteiger partial charge in [0.1, 0.15) is 5.82 Å². The molecule has 1 aliphatic rings.